The van der Waals surface area contributed by atoms with Gasteiger partial charge >= 0.3 is 0 Å². The summed E-state index contributed by atoms with van der Waals surface area (Å²) in [5, 5.41) is 22.2. The van der Waals surface area contributed by atoms with Crippen LogP contribution in [-0.4, -0.2) is 17.4 Å². The Hall–Kier alpha value is -3.11. The molecule has 2 aromatic carbocycles. The van der Waals surface area contributed by atoms with Crippen LogP contribution >= 0.6 is 11.6 Å². The Balaban J connectivity index is 1.82. The van der Waals surface area contributed by atoms with Gasteiger partial charge in [0.2, 0.25) is 5.91 Å². The smallest absolute Gasteiger partial charge is 0.269 e. The molecule has 0 unspecified atom stereocenters. The molecule has 0 aromatic heterocycles. The van der Waals surface area contributed by atoms with Crippen LogP contribution < -0.4 is 10.1 Å². The average Bonchev–Trinajstić information content (AvgIpc) is 2.55. The van der Waals surface area contributed by atoms with E-state index in [2.05, 4.69) is 5.32 Å². The first-order valence-electron chi connectivity index (χ1n) is 6.86. The number of amides is 1. The van der Waals surface area contributed by atoms with Crippen molar-refractivity contribution in [1.82, 2.24) is 0 Å². The Morgan fingerprint density at radius 1 is 1.29 bits per heavy atom. The van der Waals surface area contributed by atoms with Crippen molar-refractivity contribution in [1.29, 1.82) is 5.26 Å². The molecule has 1 amide bonds. The molecule has 2 aromatic rings. The lowest BCUT2D eigenvalue weighted by Gasteiger charge is -2.08. The van der Waals surface area contributed by atoms with Gasteiger partial charge in [0.15, 0.2) is 0 Å². The van der Waals surface area contributed by atoms with Crippen LogP contribution in [0.5, 0.6) is 5.75 Å². The topological polar surface area (TPSA) is 105 Å². The van der Waals surface area contributed by atoms with Crippen LogP contribution in [0.2, 0.25) is 5.02 Å². The normalized spacial score (nSPS) is 9.83. The second-order valence-corrected chi connectivity index (χ2v) is 5.11. The van der Waals surface area contributed by atoms with E-state index in [1.165, 1.54) is 36.4 Å². The number of nitriles is 1. The van der Waals surface area contributed by atoms with Crippen molar-refractivity contribution in [2.24, 2.45) is 0 Å². The average molecular weight is 346 g/mol. The highest BCUT2D eigenvalue weighted by Gasteiger charge is 2.07. The van der Waals surface area contributed by atoms with Gasteiger partial charge in [-0.25, -0.2) is 0 Å². The van der Waals surface area contributed by atoms with E-state index >= 15 is 0 Å². The SMILES string of the molecule is N#Cc1ccc(NC(=O)CCOc2ccc([N+](=O)[O-])cc2)cc1Cl. The fourth-order valence-corrected chi connectivity index (χ4v) is 2.06. The van der Waals surface area contributed by atoms with Crippen molar-refractivity contribution in [2.75, 3.05) is 11.9 Å². The summed E-state index contributed by atoms with van der Waals surface area (Å²) in [7, 11) is 0. The van der Waals surface area contributed by atoms with Crippen LogP contribution in [0.1, 0.15) is 12.0 Å². The van der Waals surface area contributed by atoms with E-state index in [4.69, 9.17) is 21.6 Å². The van der Waals surface area contributed by atoms with Crippen molar-refractivity contribution in [3.05, 3.63) is 63.2 Å². The van der Waals surface area contributed by atoms with Crippen molar-refractivity contribution in [2.45, 2.75) is 6.42 Å². The van der Waals surface area contributed by atoms with Crippen molar-refractivity contribution < 1.29 is 14.5 Å². The van der Waals surface area contributed by atoms with Gasteiger partial charge in [0.1, 0.15) is 11.8 Å². The molecule has 0 aliphatic heterocycles. The summed E-state index contributed by atoms with van der Waals surface area (Å²) in [6.45, 7) is 0.119. The maximum absolute atomic E-state index is 11.8. The zero-order valence-corrected chi connectivity index (χ0v) is 13.1. The number of hydrogen-bond acceptors (Lipinski definition) is 5. The van der Waals surface area contributed by atoms with E-state index in [-0.39, 0.29) is 29.6 Å². The fraction of sp³-hybridized carbons (Fsp3) is 0.125. The lowest BCUT2D eigenvalue weighted by molar-refractivity contribution is -0.384. The predicted octanol–water partition coefficient (Wildman–Crippen LogP) is 3.53. The summed E-state index contributed by atoms with van der Waals surface area (Å²) >= 11 is 5.89. The molecule has 122 valence electrons. The number of hydrogen-bond donors (Lipinski definition) is 1. The van der Waals surface area contributed by atoms with Gasteiger partial charge in [-0.05, 0) is 30.3 Å². The standard InChI is InChI=1S/C16H12ClN3O4/c17-15-9-12(2-1-11(15)10-18)19-16(21)7-8-24-14-5-3-13(4-6-14)20(22)23/h1-6,9H,7-8H2,(H,19,21). The number of carbonyl (C=O) groups is 1. The lowest BCUT2D eigenvalue weighted by atomic mass is 10.2. The lowest BCUT2D eigenvalue weighted by Crippen LogP contribution is -2.15. The first kappa shape index (κ1) is 17.2. The first-order valence-corrected chi connectivity index (χ1v) is 7.24. The van der Waals surface area contributed by atoms with E-state index in [9.17, 15) is 14.9 Å². The van der Waals surface area contributed by atoms with E-state index in [0.717, 1.165) is 0 Å². The number of nitrogens with zero attached hydrogens (tertiary/aromatic N) is 2. The second kappa shape index (κ2) is 7.94. The molecule has 0 bridgehead atoms. The molecule has 0 heterocycles. The Morgan fingerprint density at radius 2 is 2.00 bits per heavy atom. The molecule has 8 heteroatoms. The quantitative estimate of drug-likeness (QED) is 0.636. The van der Waals surface area contributed by atoms with Crippen LogP contribution in [0, 0.1) is 21.4 Å². The first-order chi connectivity index (χ1) is 11.5. The van der Waals surface area contributed by atoms with Crippen molar-refractivity contribution >= 4 is 28.9 Å². The summed E-state index contributed by atoms with van der Waals surface area (Å²) in [5.74, 6) is 0.160. The molecular formula is C16H12ClN3O4. The van der Waals surface area contributed by atoms with Gasteiger partial charge in [-0.2, -0.15) is 5.26 Å². The molecule has 0 fully saturated rings. The van der Waals surface area contributed by atoms with Gasteiger partial charge in [0.05, 0.1) is 28.5 Å². The molecule has 0 spiro atoms. The van der Waals surface area contributed by atoms with Gasteiger partial charge in [0, 0.05) is 17.8 Å². The van der Waals surface area contributed by atoms with E-state index < -0.39 is 4.92 Å². The van der Waals surface area contributed by atoms with Crippen LogP contribution in [0.15, 0.2) is 42.5 Å². The number of rotatable bonds is 6. The molecule has 7 nitrogen and oxygen atoms in total. The number of non-ortho nitro benzene ring substituents is 1. The zero-order valence-electron chi connectivity index (χ0n) is 12.4. The van der Waals surface area contributed by atoms with E-state index in [1.54, 1.807) is 6.07 Å². The number of halogens is 1. The highest BCUT2D eigenvalue weighted by molar-refractivity contribution is 6.32. The Bertz CT molecular complexity index is 800. The number of ether oxygens (including phenoxy) is 1. The Labute approximate surface area is 142 Å². The second-order valence-electron chi connectivity index (χ2n) is 4.70. The number of benzene rings is 2. The van der Waals surface area contributed by atoms with E-state index in [0.29, 0.717) is 17.0 Å². The number of nitro benzene ring substituents is 1. The molecule has 1 N–H and O–H groups in total. The molecular weight excluding hydrogens is 334 g/mol. The maximum atomic E-state index is 11.8. The fourth-order valence-electron chi connectivity index (χ4n) is 1.83. The minimum Gasteiger partial charge on any atom is -0.493 e. The third-order valence-electron chi connectivity index (χ3n) is 3.02. The number of nitrogens with one attached hydrogen (secondary N) is 1. The summed E-state index contributed by atoms with van der Waals surface area (Å²) in [5.41, 5.74) is 0.785. The van der Waals surface area contributed by atoms with Crippen molar-refractivity contribution in [3.8, 4) is 11.8 Å². The van der Waals surface area contributed by atoms with Gasteiger partial charge in [0.25, 0.3) is 5.69 Å². The highest BCUT2D eigenvalue weighted by Crippen LogP contribution is 2.20. The Morgan fingerprint density at radius 3 is 2.58 bits per heavy atom. The molecule has 0 saturated carbocycles. The largest absolute Gasteiger partial charge is 0.493 e. The van der Waals surface area contributed by atoms with E-state index in [1.807, 2.05) is 6.07 Å². The Kier molecular flexibility index (Phi) is 5.71. The monoisotopic (exact) mass is 345 g/mol. The maximum Gasteiger partial charge on any atom is 0.269 e. The van der Waals surface area contributed by atoms with Crippen molar-refractivity contribution in [3.63, 3.8) is 0 Å². The minimum absolute atomic E-state index is 0.0298. The summed E-state index contributed by atoms with van der Waals surface area (Å²) < 4.78 is 5.36. The summed E-state index contributed by atoms with van der Waals surface area (Å²) in [6, 6.07) is 12.1. The molecule has 0 aliphatic rings. The minimum atomic E-state index is -0.500. The molecule has 0 atom stereocenters. The number of anilines is 1. The van der Waals surface area contributed by atoms with Gasteiger partial charge in [-0.3, -0.25) is 14.9 Å². The predicted molar refractivity (Wildman–Crippen MR) is 88.0 cm³/mol. The van der Waals surface area contributed by atoms with Gasteiger partial charge in [-0.15, -0.1) is 0 Å². The van der Waals surface area contributed by atoms with Gasteiger partial charge < -0.3 is 10.1 Å². The molecule has 0 aliphatic carbocycles. The third-order valence-corrected chi connectivity index (χ3v) is 3.33. The van der Waals surface area contributed by atoms with Gasteiger partial charge in [-0.1, -0.05) is 11.6 Å². The van der Waals surface area contributed by atoms with Crippen LogP contribution in [-0.2, 0) is 4.79 Å². The molecule has 2 rings (SSSR count). The molecule has 0 radical (unpaired) electrons. The molecule has 24 heavy (non-hydrogen) atoms. The number of carbonyl (C=O) groups excluding carboxylic acids is 1. The third kappa shape index (κ3) is 4.69. The zero-order chi connectivity index (χ0) is 17.5. The highest BCUT2D eigenvalue weighted by atomic mass is 35.5. The van der Waals surface area contributed by atoms with Crippen LogP contribution in [0.3, 0.4) is 0 Å². The number of nitro groups is 1. The van der Waals surface area contributed by atoms with Crippen LogP contribution in [0.4, 0.5) is 11.4 Å². The van der Waals surface area contributed by atoms with Crippen LogP contribution in [0.25, 0.3) is 0 Å². The summed E-state index contributed by atoms with van der Waals surface area (Å²) in [4.78, 5) is 21.9. The molecule has 0 saturated heterocycles. The summed E-state index contributed by atoms with van der Waals surface area (Å²) in [6.07, 6.45) is 0.0919.